The van der Waals surface area contributed by atoms with Gasteiger partial charge in [-0.05, 0) is 47.7 Å². The average molecular weight is 291 g/mol. The zero-order valence-electron chi connectivity index (χ0n) is 12.1. The van der Waals surface area contributed by atoms with Crippen molar-refractivity contribution >= 4 is 22.9 Å². The van der Waals surface area contributed by atoms with Crippen LogP contribution in [0.3, 0.4) is 0 Å². The Morgan fingerprint density at radius 3 is 2.68 bits per heavy atom. The molecule has 3 rings (SSSR count). The first-order valence-corrected chi connectivity index (χ1v) is 7.27. The van der Waals surface area contributed by atoms with E-state index in [0.29, 0.717) is 0 Å². The highest BCUT2D eigenvalue weighted by atomic mass is 16.4. The van der Waals surface area contributed by atoms with Crippen LogP contribution in [0.1, 0.15) is 16.7 Å². The van der Waals surface area contributed by atoms with E-state index in [0.717, 1.165) is 35.4 Å². The molecule has 110 valence electrons. The van der Waals surface area contributed by atoms with Crippen molar-refractivity contribution in [1.82, 2.24) is 4.98 Å². The van der Waals surface area contributed by atoms with Crippen LogP contribution in [-0.2, 0) is 17.6 Å². The second-order valence-corrected chi connectivity index (χ2v) is 5.28. The lowest BCUT2D eigenvalue weighted by molar-refractivity contribution is -0.131. The normalized spacial score (nSPS) is 11.3. The minimum atomic E-state index is -0.932. The standard InChI is InChI=1S/C19H17NO2/c21-19(22)11-8-15-7-10-18-17(12-15)16(13-20-18)9-6-14-4-2-1-3-5-14/h1-5,7-8,10-13,20H,6,9H2,(H,21,22). The number of aliphatic carboxylic acids is 1. The maximum Gasteiger partial charge on any atom is 0.328 e. The lowest BCUT2D eigenvalue weighted by Crippen LogP contribution is -1.90. The van der Waals surface area contributed by atoms with Gasteiger partial charge in [0.15, 0.2) is 0 Å². The summed E-state index contributed by atoms with van der Waals surface area (Å²) < 4.78 is 0. The minimum Gasteiger partial charge on any atom is -0.478 e. The van der Waals surface area contributed by atoms with Gasteiger partial charge in [-0.2, -0.15) is 0 Å². The second kappa shape index (κ2) is 6.31. The molecule has 0 amide bonds. The fourth-order valence-corrected chi connectivity index (χ4v) is 2.60. The van der Waals surface area contributed by atoms with E-state index in [1.165, 1.54) is 11.1 Å². The molecule has 1 aromatic heterocycles. The Hall–Kier alpha value is -2.81. The summed E-state index contributed by atoms with van der Waals surface area (Å²) in [7, 11) is 0. The molecule has 3 heteroatoms. The number of aryl methyl sites for hydroxylation is 2. The number of nitrogens with one attached hydrogen (secondary N) is 1. The number of fused-ring (bicyclic) bond motifs is 1. The Morgan fingerprint density at radius 1 is 1.09 bits per heavy atom. The summed E-state index contributed by atoms with van der Waals surface area (Å²) >= 11 is 0. The van der Waals surface area contributed by atoms with E-state index in [4.69, 9.17) is 5.11 Å². The average Bonchev–Trinajstić information content (AvgIpc) is 2.94. The van der Waals surface area contributed by atoms with Crippen molar-refractivity contribution in [2.45, 2.75) is 12.8 Å². The quantitative estimate of drug-likeness (QED) is 0.697. The predicted molar refractivity (Wildman–Crippen MR) is 88.8 cm³/mol. The molecule has 0 aliphatic rings. The largest absolute Gasteiger partial charge is 0.478 e. The summed E-state index contributed by atoms with van der Waals surface area (Å²) in [5.41, 5.74) is 4.55. The molecule has 22 heavy (non-hydrogen) atoms. The van der Waals surface area contributed by atoms with E-state index in [1.807, 2.05) is 30.5 Å². The first-order valence-electron chi connectivity index (χ1n) is 7.27. The number of hydrogen-bond donors (Lipinski definition) is 2. The molecular weight excluding hydrogens is 274 g/mol. The van der Waals surface area contributed by atoms with Crippen LogP contribution in [0.15, 0.2) is 60.8 Å². The Kier molecular flexibility index (Phi) is 4.05. The second-order valence-electron chi connectivity index (χ2n) is 5.28. The van der Waals surface area contributed by atoms with Gasteiger partial charge >= 0.3 is 5.97 Å². The van der Waals surface area contributed by atoms with Crippen LogP contribution >= 0.6 is 0 Å². The lowest BCUT2D eigenvalue weighted by Gasteiger charge is -2.01. The van der Waals surface area contributed by atoms with Crippen LogP contribution in [0.4, 0.5) is 0 Å². The van der Waals surface area contributed by atoms with Crippen LogP contribution in [0.2, 0.25) is 0 Å². The SMILES string of the molecule is O=C(O)C=Cc1ccc2[nH]cc(CCc3ccccc3)c2c1. The third-order valence-corrected chi connectivity index (χ3v) is 3.74. The number of carbonyl (C=O) groups is 1. The molecule has 0 unspecified atom stereocenters. The molecule has 0 aliphatic carbocycles. The van der Waals surface area contributed by atoms with Crippen LogP contribution in [0, 0.1) is 0 Å². The number of hydrogen-bond acceptors (Lipinski definition) is 1. The molecule has 0 spiro atoms. The van der Waals surface area contributed by atoms with Crippen molar-refractivity contribution in [2.24, 2.45) is 0 Å². The van der Waals surface area contributed by atoms with Crippen molar-refractivity contribution in [1.29, 1.82) is 0 Å². The van der Waals surface area contributed by atoms with Gasteiger partial charge in [0.25, 0.3) is 0 Å². The van der Waals surface area contributed by atoms with E-state index < -0.39 is 5.97 Å². The molecule has 2 aromatic carbocycles. The topological polar surface area (TPSA) is 53.1 Å². The Morgan fingerprint density at radius 2 is 1.91 bits per heavy atom. The molecule has 3 nitrogen and oxygen atoms in total. The van der Waals surface area contributed by atoms with Gasteiger partial charge in [0.05, 0.1) is 0 Å². The maximum absolute atomic E-state index is 10.6. The molecule has 0 bridgehead atoms. The van der Waals surface area contributed by atoms with Gasteiger partial charge < -0.3 is 10.1 Å². The third kappa shape index (κ3) is 3.26. The first kappa shape index (κ1) is 14.1. The molecule has 0 saturated heterocycles. The zero-order chi connectivity index (χ0) is 15.4. The Labute approximate surface area is 128 Å². The number of carboxylic acids is 1. The van der Waals surface area contributed by atoms with Gasteiger partial charge in [-0.3, -0.25) is 0 Å². The lowest BCUT2D eigenvalue weighted by atomic mass is 10.0. The van der Waals surface area contributed by atoms with E-state index in [9.17, 15) is 4.79 Å². The fourth-order valence-electron chi connectivity index (χ4n) is 2.60. The number of benzene rings is 2. The van der Waals surface area contributed by atoms with Crippen molar-refractivity contribution in [3.8, 4) is 0 Å². The van der Waals surface area contributed by atoms with Crippen molar-refractivity contribution in [3.05, 3.63) is 77.5 Å². The summed E-state index contributed by atoms with van der Waals surface area (Å²) in [5, 5.41) is 9.88. The number of aromatic nitrogens is 1. The van der Waals surface area contributed by atoms with Gasteiger partial charge in [0, 0.05) is 23.2 Å². The molecule has 3 aromatic rings. The van der Waals surface area contributed by atoms with E-state index in [-0.39, 0.29) is 0 Å². The minimum absolute atomic E-state index is 0.899. The summed E-state index contributed by atoms with van der Waals surface area (Å²) in [6.07, 6.45) is 6.77. The summed E-state index contributed by atoms with van der Waals surface area (Å²) in [5.74, 6) is -0.932. The highest BCUT2D eigenvalue weighted by Crippen LogP contribution is 2.22. The summed E-state index contributed by atoms with van der Waals surface area (Å²) in [6, 6.07) is 16.3. The van der Waals surface area contributed by atoms with Crippen LogP contribution in [0.5, 0.6) is 0 Å². The zero-order valence-corrected chi connectivity index (χ0v) is 12.1. The highest BCUT2D eigenvalue weighted by Gasteiger charge is 2.04. The van der Waals surface area contributed by atoms with Gasteiger partial charge in [-0.25, -0.2) is 4.79 Å². The van der Waals surface area contributed by atoms with Gasteiger partial charge in [-0.15, -0.1) is 0 Å². The van der Waals surface area contributed by atoms with Crippen molar-refractivity contribution < 1.29 is 9.90 Å². The monoisotopic (exact) mass is 291 g/mol. The summed E-state index contributed by atoms with van der Waals surface area (Å²) in [6.45, 7) is 0. The van der Waals surface area contributed by atoms with Crippen molar-refractivity contribution in [2.75, 3.05) is 0 Å². The first-order chi connectivity index (χ1) is 10.7. The van der Waals surface area contributed by atoms with E-state index in [2.05, 4.69) is 29.2 Å². The molecule has 0 atom stereocenters. The van der Waals surface area contributed by atoms with Gasteiger partial charge in [0.1, 0.15) is 0 Å². The maximum atomic E-state index is 10.6. The number of carboxylic acid groups (broad SMARTS) is 1. The third-order valence-electron chi connectivity index (χ3n) is 3.74. The predicted octanol–water partition coefficient (Wildman–Crippen LogP) is 4.05. The molecule has 0 radical (unpaired) electrons. The van der Waals surface area contributed by atoms with Crippen LogP contribution in [0.25, 0.3) is 17.0 Å². The molecular formula is C19H17NO2. The smallest absolute Gasteiger partial charge is 0.328 e. The fraction of sp³-hybridized carbons (Fsp3) is 0.105. The summed E-state index contributed by atoms with van der Waals surface area (Å²) in [4.78, 5) is 13.9. The Balaban J connectivity index is 1.83. The molecule has 0 aliphatic heterocycles. The van der Waals surface area contributed by atoms with E-state index in [1.54, 1.807) is 6.08 Å². The Bertz CT molecular complexity index is 816. The van der Waals surface area contributed by atoms with Crippen molar-refractivity contribution in [3.63, 3.8) is 0 Å². The molecule has 0 fully saturated rings. The highest BCUT2D eigenvalue weighted by molar-refractivity contribution is 5.89. The number of rotatable bonds is 5. The van der Waals surface area contributed by atoms with Gasteiger partial charge in [0.2, 0.25) is 0 Å². The van der Waals surface area contributed by atoms with Gasteiger partial charge in [-0.1, -0.05) is 36.4 Å². The molecule has 2 N–H and O–H groups in total. The molecule has 1 heterocycles. The number of H-pyrrole nitrogens is 1. The van der Waals surface area contributed by atoms with E-state index >= 15 is 0 Å². The number of aromatic amines is 1. The van der Waals surface area contributed by atoms with Crippen LogP contribution < -0.4 is 0 Å². The van der Waals surface area contributed by atoms with Crippen LogP contribution in [-0.4, -0.2) is 16.1 Å². The molecule has 0 saturated carbocycles.